The van der Waals surface area contributed by atoms with Gasteiger partial charge in [0.1, 0.15) is 11.8 Å². The number of ether oxygens (including phenoxy) is 1. The van der Waals surface area contributed by atoms with Gasteiger partial charge in [-0.05, 0) is 32.3 Å². The Morgan fingerprint density at radius 3 is 2.60 bits per heavy atom. The highest BCUT2D eigenvalue weighted by atomic mass is 19.4. The molecule has 3 heterocycles. The van der Waals surface area contributed by atoms with Crippen molar-refractivity contribution >= 4 is 40.0 Å². The van der Waals surface area contributed by atoms with Crippen LogP contribution in [0.15, 0.2) is 55.4 Å². The maximum absolute atomic E-state index is 13.2. The largest absolute Gasteiger partial charge is 0.466 e. The zero-order valence-corrected chi connectivity index (χ0v) is 24.0. The number of pyridine rings is 1. The van der Waals surface area contributed by atoms with Crippen LogP contribution in [0.4, 0.5) is 36.3 Å². The fraction of sp³-hybridized carbons (Fsp3) is 0.276. The molecule has 1 amide bonds. The van der Waals surface area contributed by atoms with Crippen molar-refractivity contribution in [1.82, 2.24) is 24.4 Å². The van der Waals surface area contributed by atoms with Crippen molar-refractivity contribution in [3.8, 4) is 23.2 Å². The minimum absolute atomic E-state index is 0.0321. The van der Waals surface area contributed by atoms with Gasteiger partial charge >= 0.3 is 6.18 Å². The normalized spacial score (nSPS) is 11.3. The number of benzene rings is 1. The summed E-state index contributed by atoms with van der Waals surface area (Å²) in [6, 6.07) is 11.1. The lowest BCUT2D eigenvalue weighted by molar-refractivity contribution is -0.153. The molecule has 4 aromatic rings. The van der Waals surface area contributed by atoms with E-state index in [4.69, 9.17) is 4.74 Å². The Bertz CT molecular complexity index is 1690. The molecular formula is C29H30F3N9O2. The summed E-state index contributed by atoms with van der Waals surface area (Å²) in [7, 11) is 7.30. The molecule has 0 bridgehead atoms. The molecule has 0 fully saturated rings. The van der Waals surface area contributed by atoms with Gasteiger partial charge in [0.05, 0.1) is 23.1 Å². The molecular weight excluding hydrogens is 563 g/mol. The van der Waals surface area contributed by atoms with Crippen molar-refractivity contribution in [1.29, 1.82) is 5.26 Å². The Labute approximate surface area is 246 Å². The van der Waals surface area contributed by atoms with Crippen LogP contribution in [0.3, 0.4) is 0 Å². The Morgan fingerprint density at radius 2 is 1.93 bits per heavy atom. The van der Waals surface area contributed by atoms with E-state index in [2.05, 4.69) is 38.2 Å². The van der Waals surface area contributed by atoms with E-state index in [0.29, 0.717) is 24.3 Å². The second-order valence-corrected chi connectivity index (χ2v) is 9.90. The van der Waals surface area contributed by atoms with Crippen LogP contribution in [0.25, 0.3) is 22.2 Å². The summed E-state index contributed by atoms with van der Waals surface area (Å²) >= 11 is 0. The molecule has 3 aromatic heterocycles. The van der Waals surface area contributed by atoms with Crippen molar-refractivity contribution in [2.45, 2.75) is 6.18 Å². The van der Waals surface area contributed by atoms with Crippen LogP contribution in [0.2, 0.25) is 0 Å². The first-order chi connectivity index (χ1) is 20.4. The van der Waals surface area contributed by atoms with Crippen molar-refractivity contribution in [2.75, 3.05) is 56.4 Å². The maximum atomic E-state index is 13.2. The molecule has 0 aliphatic heterocycles. The third kappa shape index (κ3) is 7.38. The first-order valence-corrected chi connectivity index (χ1v) is 13.0. The first-order valence-electron chi connectivity index (χ1n) is 13.0. The van der Waals surface area contributed by atoms with Gasteiger partial charge in [-0.1, -0.05) is 24.8 Å². The highest BCUT2D eigenvalue weighted by Crippen LogP contribution is 2.37. The van der Waals surface area contributed by atoms with E-state index >= 15 is 0 Å². The van der Waals surface area contributed by atoms with Crippen LogP contribution in [-0.2, 0) is 11.8 Å². The minimum Gasteiger partial charge on any atom is -0.466 e. The average Bonchev–Trinajstić information content (AvgIpc) is 3.31. The van der Waals surface area contributed by atoms with Gasteiger partial charge in [0, 0.05) is 49.8 Å². The number of halogens is 3. The lowest BCUT2D eigenvalue weighted by atomic mass is 10.1. The number of fused-ring (bicyclic) bond motifs is 1. The predicted octanol–water partition coefficient (Wildman–Crippen LogP) is 4.71. The van der Waals surface area contributed by atoms with Crippen LogP contribution in [-0.4, -0.2) is 77.3 Å². The Balaban J connectivity index is 1.82. The molecule has 0 aliphatic rings. The topological polar surface area (TPSA) is 124 Å². The molecule has 0 saturated heterocycles. The minimum atomic E-state index is -4.64. The average molecular weight is 594 g/mol. The van der Waals surface area contributed by atoms with Gasteiger partial charge in [0.25, 0.3) is 0 Å². The zero-order chi connectivity index (χ0) is 31.3. The number of rotatable bonds is 11. The van der Waals surface area contributed by atoms with E-state index in [1.807, 2.05) is 61.1 Å². The van der Waals surface area contributed by atoms with Crippen LogP contribution >= 0.6 is 0 Å². The van der Waals surface area contributed by atoms with E-state index in [-0.39, 0.29) is 34.6 Å². The summed E-state index contributed by atoms with van der Waals surface area (Å²) in [6.45, 7) is 2.90. The molecule has 11 nitrogen and oxygen atoms in total. The van der Waals surface area contributed by atoms with Crippen molar-refractivity contribution in [3.63, 3.8) is 0 Å². The van der Waals surface area contributed by atoms with E-state index in [1.54, 1.807) is 11.9 Å². The summed E-state index contributed by atoms with van der Waals surface area (Å²) in [5.74, 6) is -0.792. The monoisotopic (exact) mass is 593 g/mol. The van der Waals surface area contributed by atoms with Crippen molar-refractivity contribution in [3.05, 3.63) is 60.9 Å². The number of nitriles is 1. The summed E-state index contributed by atoms with van der Waals surface area (Å²) in [5.41, 5.74) is 2.26. The van der Waals surface area contributed by atoms with E-state index in [0.717, 1.165) is 17.0 Å². The molecule has 14 heteroatoms. The molecule has 0 spiro atoms. The number of nitrogens with zero attached hydrogens (tertiary/aromatic N) is 7. The second kappa shape index (κ2) is 12.8. The summed E-state index contributed by atoms with van der Waals surface area (Å²) in [6.07, 6.45) is -0.429. The number of alkyl halides is 3. The van der Waals surface area contributed by atoms with Crippen LogP contribution in [0.5, 0.6) is 5.88 Å². The quantitative estimate of drug-likeness (QED) is 0.238. The number of carbonyl (C=O) groups is 1. The van der Waals surface area contributed by atoms with Crippen LogP contribution in [0.1, 0.15) is 5.56 Å². The Morgan fingerprint density at radius 1 is 1.19 bits per heavy atom. The van der Waals surface area contributed by atoms with Gasteiger partial charge in [-0.2, -0.15) is 23.4 Å². The number of likely N-dealkylation sites (N-methyl/N-ethyl adjacent to an activating group) is 2. The van der Waals surface area contributed by atoms with E-state index in [9.17, 15) is 23.2 Å². The number of aromatic nitrogens is 4. The Kier molecular flexibility index (Phi) is 9.15. The standard InChI is InChI=1S/C29H30F3N9O2/c1-6-24(42)35-21-13-22(27(43-17-29(30,31)32)38-26(21)40(4)12-11-39(2)3)36-28-34-15-18(14-33)25(37-28)20-16-41(5)23-10-8-7-9-19(20)23/h6-10,13,15-16H,1,11-12,17H2,2-5H3,(H,35,42)(H,34,36,37). The molecule has 1 aromatic carbocycles. The predicted molar refractivity (Wildman–Crippen MR) is 158 cm³/mol. The molecule has 0 atom stereocenters. The smallest absolute Gasteiger partial charge is 0.422 e. The maximum Gasteiger partial charge on any atom is 0.422 e. The van der Waals surface area contributed by atoms with Crippen LogP contribution in [0, 0.1) is 11.3 Å². The number of anilines is 4. The number of nitrogens with one attached hydrogen (secondary N) is 2. The van der Waals surface area contributed by atoms with Gasteiger partial charge in [-0.15, -0.1) is 0 Å². The number of amides is 1. The number of para-hydroxylation sites is 1. The van der Waals surface area contributed by atoms with Gasteiger partial charge < -0.3 is 29.7 Å². The Hall–Kier alpha value is -5.16. The van der Waals surface area contributed by atoms with Crippen LogP contribution < -0.4 is 20.3 Å². The molecule has 0 unspecified atom stereocenters. The van der Waals surface area contributed by atoms with E-state index < -0.39 is 18.7 Å². The van der Waals surface area contributed by atoms with Crippen molar-refractivity contribution < 1.29 is 22.7 Å². The van der Waals surface area contributed by atoms with Crippen molar-refractivity contribution in [2.24, 2.45) is 7.05 Å². The highest BCUT2D eigenvalue weighted by molar-refractivity contribution is 6.01. The summed E-state index contributed by atoms with van der Waals surface area (Å²) in [5, 5.41) is 16.2. The summed E-state index contributed by atoms with van der Waals surface area (Å²) in [4.78, 5) is 29.0. The lowest BCUT2D eigenvalue weighted by Crippen LogP contribution is -2.30. The van der Waals surface area contributed by atoms with Gasteiger partial charge in [0.2, 0.25) is 17.7 Å². The molecule has 4 rings (SSSR count). The number of carbonyl (C=O) groups excluding carboxylic acids is 1. The number of aryl methyl sites for hydroxylation is 1. The third-order valence-electron chi connectivity index (χ3n) is 6.34. The van der Waals surface area contributed by atoms with Gasteiger partial charge in [-0.25, -0.2) is 9.97 Å². The second-order valence-electron chi connectivity index (χ2n) is 9.90. The molecule has 2 N–H and O–H groups in total. The molecule has 43 heavy (non-hydrogen) atoms. The summed E-state index contributed by atoms with van der Waals surface area (Å²) < 4.78 is 46.6. The fourth-order valence-electron chi connectivity index (χ4n) is 4.24. The van der Waals surface area contributed by atoms with Gasteiger partial charge in [0.15, 0.2) is 12.4 Å². The van der Waals surface area contributed by atoms with Gasteiger partial charge in [-0.3, -0.25) is 4.79 Å². The lowest BCUT2D eigenvalue weighted by Gasteiger charge is -2.25. The highest BCUT2D eigenvalue weighted by Gasteiger charge is 2.30. The SMILES string of the molecule is C=CC(=O)Nc1cc(Nc2ncc(C#N)c(-c3cn(C)c4ccccc34)n2)c(OCC(F)(F)F)nc1N(C)CCN(C)C. The van der Waals surface area contributed by atoms with E-state index in [1.165, 1.54) is 12.3 Å². The molecule has 0 radical (unpaired) electrons. The first kappa shape index (κ1) is 30.8. The number of hydrogen-bond donors (Lipinski definition) is 2. The fourth-order valence-corrected chi connectivity index (χ4v) is 4.24. The molecule has 224 valence electrons. The number of hydrogen-bond acceptors (Lipinski definition) is 9. The molecule has 0 aliphatic carbocycles. The third-order valence-corrected chi connectivity index (χ3v) is 6.34. The zero-order valence-electron chi connectivity index (χ0n) is 24.0. The molecule has 0 saturated carbocycles.